The lowest BCUT2D eigenvalue weighted by molar-refractivity contribution is -0.137. The number of nitrogens with zero attached hydrogens (tertiary/aromatic N) is 1. The highest BCUT2D eigenvalue weighted by atomic mass is 16.3. The van der Waals surface area contributed by atoms with Crippen LogP contribution in [0.3, 0.4) is 0 Å². The molecule has 0 atom stereocenters. The minimum Gasteiger partial charge on any atom is -0.508 e. The van der Waals surface area contributed by atoms with Gasteiger partial charge in [0.25, 0.3) is 0 Å². The van der Waals surface area contributed by atoms with Gasteiger partial charge in [0.2, 0.25) is 0 Å². The van der Waals surface area contributed by atoms with Crippen LogP contribution in [0.1, 0.15) is 5.56 Å². The lowest BCUT2D eigenvalue weighted by atomic mass is 10.2. The summed E-state index contributed by atoms with van der Waals surface area (Å²) in [6, 6.07) is 6.12. The van der Waals surface area contributed by atoms with Gasteiger partial charge in [-0.05, 0) is 29.8 Å². The van der Waals surface area contributed by atoms with Crippen molar-refractivity contribution in [3.63, 3.8) is 0 Å². The predicted octanol–water partition coefficient (Wildman–Crippen LogP) is -0.672. The highest BCUT2D eigenvalue weighted by Crippen LogP contribution is 2.07. The Kier molecular flexibility index (Phi) is 3.39. The SMILES string of the molecule is NC(=O)C(=O)N/N=C/c1ccc(O)cc1. The molecule has 0 aliphatic carbocycles. The van der Waals surface area contributed by atoms with E-state index in [2.05, 4.69) is 10.8 Å². The summed E-state index contributed by atoms with van der Waals surface area (Å²) in [7, 11) is 0. The second-order valence-corrected chi connectivity index (χ2v) is 2.65. The quantitative estimate of drug-likeness (QED) is 0.340. The number of benzene rings is 1. The molecular weight excluding hydrogens is 198 g/mol. The van der Waals surface area contributed by atoms with E-state index in [1.54, 1.807) is 12.1 Å². The average molecular weight is 207 g/mol. The first-order chi connectivity index (χ1) is 7.09. The average Bonchev–Trinajstić information content (AvgIpc) is 2.20. The van der Waals surface area contributed by atoms with Crippen LogP contribution < -0.4 is 11.2 Å². The Bertz CT molecular complexity index is 398. The first kappa shape index (κ1) is 10.7. The van der Waals surface area contributed by atoms with Crippen LogP contribution in [0.2, 0.25) is 0 Å². The predicted molar refractivity (Wildman–Crippen MR) is 53.0 cm³/mol. The van der Waals surface area contributed by atoms with E-state index in [1.165, 1.54) is 18.3 Å². The summed E-state index contributed by atoms with van der Waals surface area (Å²) in [4.78, 5) is 20.9. The van der Waals surface area contributed by atoms with Crippen LogP contribution in [0.5, 0.6) is 5.75 Å². The molecule has 6 heteroatoms. The maximum Gasteiger partial charge on any atom is 0.329 e. The fourth-order valence-electron chi connectivity index (χ4n) is 0.781. The summed E-state index contributed by atoms with van der Waals surface area (Å²) in [5.41, 5.74) is 7.28. The summed E-state index contributed by atoms with van der Waals surface area (Å²) in [6.45, 7) is 0. The van der Waals surface area contributed by atoms with Crippen molar-refractivity contribution in [2.45, 2.75) is 0 Å². The Morgan fingerprint density at radius 1 is 1.33 bits per heavy atom. The van der Waals surface area contributed by atoms with Gasteiger partial charge in [-0.3, -0.25) is 9.59 Å². The van der Waals surface area contributed by atoms with Crippen molar-refractivity contribution in [2.75, 3.05) is 0 Å². The van der Waals surface area contributed by atoms with Crippen LogP contribution in [0, 0.1) is 0 Å². The van der Waals surface area contributed by atoms with Crippen molar-refractivity contribution in [3.8, 4) is 5.75 Å². The maximum absolute atomic E-state index is 10.6. The number of aromatic hydroxyl groups is 1. The highest BCUT2D eigenvalue weighted by molar-refractivity contribution is 6.34. The monoisotopic (exact) mass is 207 g/mol. The van der Waals surface area contributed by atoms with Crippen LogP contribution in [0.25, 0.3) is 0 Å². The van der Waals surface area contributed by atoms with Crippen molar-refractivity contribution in [1.82, 2.24) is 5.43 Å². The van der Waals surface area contributed by atoms with E-state index in [4.69, 9.17) is 5.11 Å². The Morgan fingerprint density at radius 3 is 2.47 bits per heavy atom. The molecule has 0 fully saturated rings. The third-order valence-corrected chi connectivity index (χ3v) is 1.50. The van der Waals surface area contributed by atoms with Gasteiger partial charge in [-0.2, -0.15) is 5.10 Å². The largest absolute Gasteiger partial charge is 0.508 e. The fraction of sp³-hybridized carbons (Fsp3) is 0. The Balaban J connectivity index is 2.55. The van der Waals surface area contributed by atoms with Gasteiger partial charge in [-0.25, -0.2) is 5.43 Å². The molecule has 0 saturated carbocycles. The third-order valence-electron chi connectivity index (χ3n) is 1.50. The fourth-order valence-corrected chi connectivity index (χ4v) is 0.781. The molecule has 1 rings (SSSR count). The molecule has 0 unspecified atom stereocenters. The standard InChI is InChI=1S/C9H9N3O3/c10-8(14)9(15)12-11-5-6-1-3-7(13)4-2-6/h1-5,13H,(H2,10,14)(H,12,15)/b11-5+. The minimum atomic E-state index is -1.10. The molecule has 0 radical (unpaired) electrons. The molecule has 78 valence electrons. The number of phenolic OH excluding ortho intramolecular Hbond substituents is 1. The summed E-state index contributed by atoms with van der Waals surface area (Å²) in [5, 5.41) is 12.5. The molecule has 6 nitrogen and oxygen atoms in total. The van der Waals surface area contributed by atoms with Crippen molar-refractivity contribution in [3.05, 3.63) is 29.8 Å². The number of hydrazone groups is 1. The van der Waals surface area contributed by atoms with Gasteiger partial charge in [0.05, 0.1) is 6.21 Å². The van der Waals surface area contributed by atoms with E-state index >= 15 is 0 Å². The Morgan fingerprint density at radius 2 is 1.93 bits per heavy atom. The minimum absolute atomic E-state index is 0.133. The van der Waals surface area contributed by atoms with Gasteiger partial charge in [0, 0.05) is 0 Å². The first-order valence-corrected chi connectivity index (χ1v) is 4.01. The molecule has 4 N–H and O–H groups in total. The van der Waals surface area contributed by atoms with Crippen molar-refractivity contribution < 1.29 is 14.7 Å². The number of amides is 2. The van der Waals surface area contributed by atoms with Crippen LogP contribution in [0.15, 0.2) is 29.4 Å². The number of carbonyl (C=O) groups is 2. The van der Waals surface area contributed by atoms with Crippen LogP contribution in [-0.4, -0.2) is 23.1 Å². The van der Waals surface area contributed by atoms with Gasteiger partial charge >= 0.3 is 11.8 Å². The van der Waals surface area contributed by atoms with Crippen molar-refractivity contribution in [1.29, 1.82) is 0 Å². The molecule has 0 aromatic heterocycles. The smallest absolute Gasteiger partial charge is 0.329 e. The van der Waals surface area contributed by atoms with E-state index < -0.39 is 11.8 Å². The van der Waals surface area contributed by atoms with Gasteiger partial charge in [-0.15, -0.1) is 0 Å². The molecule has 0 saturated heterocycles. The molecule has 0 heterocycles. The molecule has 0 aliphatic heterocycles. The second-order valence-electron chi connectivity index (χ2n) is 2.65. The van der Waals surface area contributed by atoms with Crippen molar-refractivity contribution >= 4 is 18.0 Å². The zero-order chi connectivity index (χ0) is 11.3. The summed E-state index contributed by atoms with van der Waals surface area (Å²) < 4.78 is 0. The van der Waals surface area contributed by atoms with E-state index in [1.807, 2.05) is 5.43 Å². The molecule has 2 amide bonds. The number of nitrogens with one attached hydrogen (secondary N) is 1. The molecule has 0 spiro atoms. The number of nitrogens with two attached hydrogens (primary N) is 1. The molecule has 0 aliphatic rings. The lowest BCUT2D eigenvalue weighted by Gasteiger charge is -1.94. The third kappa shape index (κ3) is 3.47. The van der Waals surface area contributed by atoms with Crippen LogP contribution in [0.4, 0.5) is 0 Å². The lowest BCUT2D eigenvalue weighted by Crippen LogP contribution is -2.32. The zero-order valence-corrected chi connectivity index (χ0v) is 7.68. The van der Waals surface area contributed by atoms with Gasteiger partial charge in [0.1, 0.15) is 5.75 Å². The van der Waals surface area contributed by atoms with Gasteiger partial charge in [0.15, 0.2) is 0 Å². The molecule has 15 heavy (non-hydrogen) atoms. The Hall–Kier alpha value is -2.37. The Labute approximate surface area is 85.4 Å². The van der Waals surface area contributed by atoms with E-state index in [-0.39, 0.29) is 5.75 Å². The van der Waals surface area contributed by atoms with Crippen LogP contribution in [-0.2, 0) is 9.59 Å². The normalized spacial score (nSPS) is 10.1. The van der Waals surface area contributed by atoms with Crippen molar-refractivity contribution in [2.24, 2.45) is 10.8 Å². The first-order valence-electron chi connectivity index (χ1n) is 4.01. The van der Waals surface area contributed by atoms with Gasteiger partial charge in [-0.1, -0.05) is 0 Å². The molecule has 0 bridgehead atoms. The topological polar surface area (TPSA) is 105 Å². The summed E-state index contributed by atoms with van der Waals surface area (Å²) in [5.74, 6) is -1.95. The zero-order valence-electron chi connectivity index (χ0n) is 7.68. The number of hydrogen-bond acceptors (Lipinski definition) is 4. The van der Waals surface area contributed by atoms with Crippen LogP contribution >= 0.6 is 0 Å². The van der Waals surface area contributed by atoms with E-state index in [9.17, 15) is 9.59 Å². The highest BCUT2D eigenvalue weighted by Gasteiger charge is 2.04. The van der Waals surface area contributed by atoms with Gasteiger partial charge < -0.3 is 10.8 Å². The second kappa shape index (κ2) is 4.75. The van der Waals surface area contributed by atoms with E-state index in [0.717, 1.165) is 0 Å². The van der Waals surface area contributed by atoms with E-state index in [0.29, 0.717) is 5.56 Å². The molecule has 1 aromatic carbocycles. The molecule has 1 aromatic rings. The number of phenols is 1. The molecular formula is C9H9N3O3. The summed E-state index contributed by atoms with van der Waals surface area (Å²) >= 11 is 0. The number of rotatable bonds is 2. The number of primary amides is 1. The number of hydrogen-bond donors (Lipinski definition) is 3. The summed E-state index contributed by atoms with van der Waals surface area (Å²) in [6.07, 6.45) is 1.32. The number of carbonyl (C=O) groups excluding carboxylic acids is 2. The maximum atomic E-state index is 10.6.